The maximum absolute atomic E-state index is 13.3. The molecule has 4 rings (SSSR count). The van der Waals surface area contributed by atoms with Gasteiger partial charge in [0.15, 0.2) is 5.82 Å². The highest BCUT2D eigenvalue weighted by atomic mass is 19.1. The van der Waals surface area contributed by atoms with Crippen LogP contribution in [0.1, 0.15) is 31.9 Å². The van der Waals surface area contributed by atoms with Crippen LogP contribution in [0.3, 0.4) is 0 Å². The number of pyridine rings is 1. The number of H-pyrrole nitrogens is 1. The average molecular weight is 441 g/mol. The molecule has 0 spiro atoms. The second-order valence-corrected chi connectivity index (χ2v) is 8.19. The molecule has 0 aliphatic carbocycles. The zero-order valence-electron chi connectivity index (χ0n) is 17.6. The summed E-state index contributed by atoms with van der Waals surface area (Å²) in [6, 6.07) is 5.51. The molecule has 3 heterocycles. The van der Waals surface area contributed by atoms with Crippen molar-refractivity contribution in [2.45, 2.75) is 31.9 Å². The molecule has 5 N–H and O–H groups in total. The topological polar surface area (TPSA) is 135 Å². The van der Waals surface area contributed by atoms with Gasteiger partial charge in [-0.05, 0) is 38.0 Å². The van der Waals surface area contributed by atoms with Gasteiger partial charge in [0.25, 0.3) is 0 Å². The number of carbonyl (C=O) groups excluding carboxylic acids is 2. The molecule has 11 heteroatoms. The third kappa shape index (κ3) is 4.62. The number of halogens is 1. The molecule has 1 fully saturated rings. The maximum atomic E-state index is 13.3. The summed E-state index contributed by atoms with van der Waals surface area (Å²) in [5.74, 6) is 0.192. The molecule has 0 radical (unpaired) electrons. The molecule has 0 saturated carbocycles. The Morgan fingerprint density at radius 2 is 1.94 bits per heavy atom. The molecule has 3 aromatic rings. The van der Waals surface area contributed by atoms with Gasteiger partial charge in [0.1, 0.15) is 11.6 Å². The summed E-state index contributed by atoms with van der Waals surface area (Å²) in [7, 11) is 0. The van der Waals surface area contributed by atoms with E-state index in [1.165, 1.54) is 30.5 Å². The lowest BCUT2D eigenvalue weighted by Gasteiger charge is -2.30. The van der Waals surface area contributed by atoms with Crippen LogP contribution >= 0.6 is 0 Å². The summed E-state index contributed by atoms with van der Waals surface area (Å²) in [6.45, 7) is 4.54. The third-order valence-electron chi connectivity index (χ3n) is 5.24. The van der Waals surface area contributed by atoms with Crippen LogP contribution in [0.2, 0.25) is 0 Å². The number of hydrogen-bond donors (Lipinski definition) is 5. The van der Waals surface area contributed by atoms with E-state index in [0.29, 0.717) is 22.3 Å². The van der Waals surface area contributed by atoms with Gasteiger partial charge in [0.05, 0.1) is 22.5 Å². The van der Waals surface area contributed by atoms with Crippen LogP contribution in [0.5, 0.6) is 0 Å². The molecule has 4 amide bonds. The minimum atomic E-state index is -1.31. The Bertz CT molecular complexity index is 1140. The highest BCUT2D eigenvalue weighted by molar-refractivity contribution is 6.00. The Morgan fingerprint density at radius 1 is 1.22 bits per heavy atom. The van der Waals surface area contributed by atoms with Crippen LogP contribution in [-0.2, 0) is 0 Å². The van der Waals surface area contributed by atoms with Crippen LogP contribution in [0.4, 0.5) is 25.6 Å². The van der Waals surface area contributed by atoms with Gasteiger partial charge in [-0.2, -0.15) is 5.10 Å². The highest BCUT2D eigenvalue weighted by Crippen LogP contribution is 2.26. The van der Waals surface area contributed by atoms with E-state index in [4.69, 9.17) is 0 Å². The number of nitrogens with one attached hydrogen (secondary N) is 4. The molecule has 1 atom stereocenters. The van der Waals surface area contributed by atoms with Crippen molar-refractivity contribution in [2.75, 3.05) is 23.7 Å². The lowest BCUT2D eigenvalue weighted by atomic mass is 9.92. The maximum Gasteiger partial charge on any atom is 0.323 e. The zero-order valence-corrected chi connectivity index (χ0v) is 17.6. The van der Waals surface area contributed by atoms with E-state index >= 15 is 0 Å². The van der Waals surface area contributed by atoms with Crippen molar-refractivity contribution in [3.63, 3.8) is 0 Å². The smallest absolute Gasteiger partial charge is 0.323 e. The summed E-state index contributed by atoms with van der Waals surface area (Å²) in [6.07, 6.45) is 2.48. The molecule has 0 bridgehead atoms. The van der Waals surface area contributed by atoms with Crippen LogP contribution in [-0.4, -0.2) is 55.9 Å². The number of urea groups is 2. The second kappa shape index (κ2) is 8.42. The molecule has 2 aromatic heterocycles. The Balaban J connectivity index is 1.45. The van der Waals surface area contributed by atoms with Gasteiger partial charge < -0.3 is 15.3 Å². The van der Waals surface area contributed by atoms with Gasteiger partial charge in [0.2, 0.25) is 0 Å². The fourth-order valence-electron chi connectivity index (χ4n) is 3.38. The zero-order chi connectivity index (χ0) is 22.9. The molecular formula is C21H24FN7O3. The van der Waals surface area contributed by atoms with E-state index in [9.17, 15) is 19.1 Å². The average Bonchev–Trinajstić information content (AvgIpc) is 3.06. The number of aromatic amines is 1. The van der Waals surface area contributed by atoms with Gasteiger partial charge in [0, 0.05) is 25.4 Å². The molecule has 1 saturated heterocycles. The lowest BCUT2D eigenvalue weighted by molar-refractivity contribution is 0.0415. The second-order valence-electron chi connectivity index (χ2n) is 8.19. The van der Waals surface area contributed by atoms with Gasteiger partial charge in [-0.25, -0.2) is 19.0 Å². The quantitative estimate of drug-likeness (QED) is 0.415. The number of nitrogens with zero attached hydrogens (tertiary/aromatic N) is 3. The van der Waals surface area contributed by atoms with Crippen molar-refractivity contribution in [3.8, 4) is 0 Å². The van der Waals surface area contributed by atoms with Gasteiger partial charge in [-0.1, -0.05) is 12.1 Å². The summed E-state index contributed by atoms with van der Waals surface area (Å²) in [5.41, 5.74) is -0.181. The first-order chi connectivity index (χ1) is 15.2. The van der Waals surface area contributed by atoms with E-state index in [-0.39, 0.29) is 11.8 Å². The number of aromatic nitrogens is 3. The van der Waals surface area contributed by atoms with Crippen molar-refractivity contribution in [3.05, 3.63) is 47.9 Å². The Hall–Kier alpha value is -3.73. The van der Waals surface area contributed by atoms with Crippen LogP contribution < -0.4 is 16.0 Å². The number of anilines is 2. The van der Waals surface area contributed by atoms with Crippen molar-refractivity contribution < 1.29 is 19.1 Å². The molecule has 1 aliphatic rings. The Morgan fingerprint density at radius 3 is 2.56 bits per heavy atom. The molecule has 32 heavy (non-hydrogen) atoms. The third-order valence-corrected chi connectivity index (χ3v) is 5.24. The first-order valence-corrected chi connectivity index (χ1v) is 10.2. The van der Waals surface area contributed by atoms with E-state index < -0.39 is 23.5 Å². The predicted octanol–water partition coefficient (Wildman–Crippen LogP) is 2.97. The van der Waals surface area contributed by atoms with Crippen LogP contribution in [0.15, 0.2) is 36.5 Å². The fraction of sp³-hybridized carbons (Fsp3) is 0.333. The van der Waals surface area contributed by atoms with Gasteiger partial charge >= 0.3 is 12.1 Å². The summed E-state index contributed by atoms with van der Waals surface area (Å²) >= 11 is 0. The van der Waals surface area contributed by atoms with Crippen LogP contribution in [0.25, 0.3) is 10.9 Å². The molecular weight excluding hydrogens is 417 g/mol. The normalized spacial score (nSPS) is 14.6. The Labute approximate surface area is 183 Å². The SMILES string of the molecule is CC(C)(O)C(NC(=O)Nc1cc2[nH]nc(NC(=O)N3CCC3)c2cn1)c1ccc(F)cc1. The predicted molar refractivity (Wildman–Crippen MR) is 117 cm³/mol. The largest absolute Gasteiger partial charge is 0.388 e. The minimum Gasteiger partial charge on any atom is -0.388 e. The van der Waals surface area contributed by atoms with Crippen molar-refractivity contribution in [2.24, 2.45) is 0 Å². The summed E-state index contributed by atoms with van der Waals surface area (Å²) in [5, 5.41) is 26.1. The van der Waals surface area contributed by atoms with E-state index in [0.717, 1.165) is 19.5 Å². The van der Waals surface area contributed by atoms with Crippen molar-refractivity contribution in [1.82, 2.24) is 25.4 Å². The number of fused-ring (bicyclic) bond motifs is 1. The van der Waals surface area contributed by atoms with E-state index in [1.807, 2.05) is 0 Å². The van der Waals surface area contributed by atoms with Crippen LogP contribution in [0, 0.1) is 5.82 Å². The van der Waals surface area contributed by atoms with Crippen molar-refractivity contribution >= 4 is 34.6 Å². The van der Waals surface area contributed by atoms with E-state index in [2.05, 4.69) is 31.1 Å². The highest BCUT2D eigenvalue weighted by Gasteiger charge is 2.30. The summed E-state index contributed by atoms with van der Waals surface area (Å²) in [4.78, 5) is 30.6. The Kier molecular flexibility index (Phi) is 5.66. The number of carbonyl (C=O) groups is 2. The molecule has 1 unspecified atom stereocenters. The summed E-state index contributed by atoms with van der Waals surface area (Å²) < 4.78 is 13.3. The number of aliphatic hydroxyl groups is 1. The minimum absolute atomic E-state index is 0.218. The van der Waals surface area contributed by atoms with Crippen molar-refractivity contribution in [1.29, 1.82) is 0 Å². The molecule has 1 aromatic carbocycles. The van der Waals surface area contributed by atoms with Gasteiger partial charge in [-0.3, -0.25) is 15.7 Å². The number of likely N-dealkylation sites (tertiary alicyclic amines) is 1. The standard InChI is InChI=1S/C21H24FN7O3/c1-21(2,32)17(12-4-6-13(22)7-5-12)25-19(30)24-16-10-15-14(11-23-16)18(28-27-15)26-20(31)29-8-3-9-29/h4-7,10-11,17,32H,3,8-9H2,1-2H3,(H2,23,24,25,30)(H2,26,27,28,31). The monoisotopic (exact) mass is 441 g/mol. The molecule has 168 valence electrons. The first kappa shape index (κ1) is 21.5. The lowest BCUT2D eigenvalue weighted by Crippen LogP contribution is -2.44. The number of amides is 4. The first-order valence-electron chi connectivity index (χ1n) is 10.2. The number of benzene rings is 1. The molecule has 10 nitrogen and oxygen atoms in total. The molecule has 1 aliphatic heterocycles. The van der Waals surface area contributed by atoms with Gasteiger partial charge in [-0.15, -0.1) is 0 Å². The fourth-order valence-corrected chi connectivity index (χ4v) is 3.38. The van der Waals surface area contributed by atoms with E-state index in [1.54, 1.807) is 24.8 Å². The number of rotatable bonds is 5. The number of hydrogen-bond acceptors (Lipinski definition) is 5.